The van der Waals surface area contributed by atoms with Crippen molar-refractivity contribution < 1.29 is 4.39 Å². The molecule has 4 heteroatoms. The van der Waals surface area contributed by atoms with Crippen molar-refractivity contribution in [2.24, 2.45) is 0 Å². The van der Waals surface area contributed by atoms with Gasteiger partial charge in [0.15, 0.2) is 0 Å². The summed E-state index contributed by atoms with van der Waals surface area (Å²) in [7, 11) is 0. The third kappa shape index (κ3) is 3.80. The van der Waals surface area contributed by atoms with E-state index in [4.69, 9.17) is 0 Å². The number of benzene rings is 1. The predicted molar refractivity (Wildman–Crippen MR) is 83.2 cm³/mol. The first-order valence-electron chi connectivity index (χ1n) is 7.64. The van der Waals surface area contributed by atoms with Crippen molar-refractivity contribution in [3.8, 4) is 0 Å². The van der Waals surface area contributed by atoms with Crippen LogP contribution in [0.5, 0.6) is 0 Å². The molecular formula is C16H22BrFN2. The fourth-order valence-electron chi connectivity index (χ4n) is 2.97. The molecular weight excluding hydrogens is 319 g/mol. The van der Waals surface area contributed by atoms with Gasteiger partial charge >= 0.3 is 0 Å². The molecule has 1 aliphatic heterocycles. The van der Waals surface area contributed by atoms with Crippen LogP contribution in [0.25, 0.3) is 0 Å². The summed E-state index contributed by atoms with van der Waals surface area (Å²) in [5.41, 5.74) is 0.803. The van der Waals surface area contributed by atoms with Gasteiger partial charge in [0.25, 0.3) is 0 Å². The van der Waals surface area contributed by atoms with Crippen molar-refractivity contribution >= 4 is 15.9 Å². The SMILES string of the molecule is Fc1ccc(Br)cc1CN1CCCCC1CNC1CC1. The highest BCUT2D eigenvalue weighted by atomic mass is 79.9. The van der Waals surface area contributed by atoms with Crippen molar-refractivity contribution in [2.75, 3.05) is 13.1 Å². The average Bonchev–Trinajstić information content (AvgIpc) is 3.26. The molecule has 1 N–H and O–H groups in total. The lowest BCUT2D eigenvalue weighted by Gasteiger charge is -2.36. The molecule has 2 nitrogen and oxygen atoms in total. The molecule has 0 amide bonds. The normalized spacial score (nSPS) is 24.0. The molecule has 1 aromatic carbocycles. The Bertz CT molecular complexity index is 462. The highest BCUT2D eigenvalue weighted by Gasteiger charge is 2.26. The quantitative estimate of drug-likeness (QED) is 0.879. The number of halogens is 2. The topological polar surface area (TPSA) is 15.3 Å². The van der Waals surface area contributed by atoms with Crippen LogP contribution in [0, 0.1) is 5.82 Å². The lowest BCUT2D eigenvalue weighted by atomic mass is 10.0. The molecule has 110 valence electrons. The predicted octanol–water partition coefficient (Wildman–Crippen LogP) is 3.69. The third-order valence-electron chi connectivity index (χ3n) is 4.35. The molecule has 3 rings (SSSR count). The van der Waals surface area contributed by atoms with E-state index in [9.17, 15) is 4.39 Å². The number of nitrogens with zero attached hydrogens (tertiary/aromatic N) is 1. The summed E-state index contributed by atoms with van der Waals surface area (Å²) in [5.74, 6) is -0.0901. The summed E-state index contributed by atoms with van der Waals surface area (Å²) in [6.45, 7) is 2.87. The molecule has 2 fully saturated rings. The molecule has 2 aliphatic rings. The molecule has 0 radical (unpaired) electrons. The second-order valence-corrected chi connectivity index (χ2v) is 6.95. The van der Waals surface area contributed by atoms with Gasteiger partial charge in [-0.2, -0.15) is 0 Å². The Balaban J connectivity index is 1.64. The van der Waals surface area contributed by atoms with Gasteiger partial charge in [-0.15, -0.1) is 0 Å². The maximum absolute atomic E-state index is 13.9. The van der Waals surface area contributed by atoms with Crippen molar-refractivity contribution in [1.82, 2.24) is 10.2 Å². The minimum absolute atomic E-state index is 0.0901. The maximum Gasteiger partial charge on any atom is 0.127 e. The molecule has 0 aromatic heterocycles. The maximum atomic E-state index is 13.9. The smallest absolute Gasteiger partial charge is 0.127 e. The van der Waals surface area contributed by atoms with E-state index in [1.165, 1.54) is 32.1 Å². The van der Waals surface area contributed by atoms with E-state index in [0.29, 0.717) is 6.04 Å². The van der Waals surface area contributed by atoms with Crippen LogP contribution in [0.4, 0.5) is 4.39 Å². The van der Waals surface area contributed by atoms with E-state index >= 15 is 0 Å². The van der Waals surface area contributed by atoms with Crippen LogP contribution < -0.4 is 5.32 Å². The lowest BCUT2D eigenvalue weighted by Crippen LogP contribution is -2.45. The summed E-state index contributed by atoms with van der Waals surface area (Å²) in [5, 5.41) is 3.62. The van der Waals surface area contributed by atoms with Crippen LogP contribution in [0.15, 0.2) is 22.7 Å². The van der Waals surface area contributed by atoms with E-state index in [1.807, 2.05) is 6.07 Å². The van der Waals surface area contributed by atoms with Gasteiger partial charge in [-0.05, 0) is 50.4 Å². The van der Waals surface area contributed by atoms with Crippen LogP contribution in [0.2, 0.25) is 0 Å². The molecule has 20 heavy (non-hydrogen) atoms. The first kappa shape index (κ1) is 14.5. The monoisotopic (exact) mass is 340 g/mol. The van der Waals surface area contributed by atoms with Crippen molar-refractivity contribution in [2.45, 2.75) is 50.7 Å². The van der Waals surface area contributed by atoms with Gasteiger partial charge in [0.05, 0.1) is 0 Å². The highest BCUT2D eigenvalue weighted by Crippen LogP contribution is 2.24. The van der Waals surface area contributed by atoms with E-state index in [0.717, 1.165) is 35.7 Å². The van der Waals surface area contributed by atoms with Gasteiger partial charge in [-0.1, -0.05) is 22.4 Å². The number of hydrogen-bond donors (Lipinski definition) is 1. The van der Waals surface area contributed by atoms with Gasteiger partial charge in [0.2, 0.25) is 0 Å². The minimum Gasteiger partial charge on any atom is -0.312 e. The molecule has 1 heterocycles. The minimum atomic E-state index is -0.0901. The molecule has 1 aliphatic carbocycles. The van der Waals surface area contributed by atoms with E-state index in [-0.39, 0.29) is 5.82 Å². The van der Waals surface area contributed by atoms with Crippen molar-refractivity contribution in [3.63, 3.8) is 0 Å². The zero-order valence-corrected chi connectivity index (χ0v) is 13.3. The molecule has 0 spiro atoms. The Labute approximate surface area is 128 Å². The molecule has 0 bridgehead atoms. The largest absolute Gasteiger partial charge is 0.312 e. The first-order valence-corrected chi connectivity index (χ1v) is 8.43. The Hall–Kier alpha value is -0.450. The Morgan fingerprint density at radius 1 is 1.25 bits per heavy atom. The standard InChI is InChI=1S/C16H22BrFN2/c17-13-4-7-16(18)12(9-13)11-20-8-2-1-3-15(20)10-19-14-5-6-14/h4,7,9,14-15,19H,1-3,5-6,8,10-11H2. The molecule has 1 unspecified atom stereocenters. The Morgan fingerprint density at radius 3 is 2.90 bits per heavy atom. The zero-order chi connectivity index (χ0) is 13.9. The van der Waals surface area contributed by atoms with Crippen LogP contribution in [0.1, 0.15) is 37.7 Å². The summed E-state index contributed by atoms with van der Waals surface area (Å²) in [6, 6.07) is 6.54. The van der Waals surface area contributed by atoms with Crippen LogP contribution >= 0.6 is 15.9 Å². The van der Waals surface area contributed by atoms with E-state index in [2.05, 4.69) is 26.1 Å². The van der Waals surface area contributed by atoms with Gasteiger partial charge < -0.3 is 5.32 Å². The number of hydrogen-bond acceptors (Lipinski definition) is 2. The Kier molecular flexibility index (Phi) is 4.74. The number of nitrogens with one attached hydrogen (secondary N) is 1. The average molecular weight is 341 g/mol. The first-order chi connectivity index (χ1) is 9.72. The molecule has 1 saturated carbocycles. The highest BCUT2D eigenvalue weighted by molar-refractivity contribution is 9.10. The van der Waals surface area contributed by atoms with E-state index in [1.54, 1.807) is 12.1 Å². The van der Waals surface area contributed by atoms with Crippen LogP contribution in [-0.2, 0) is 6.54 Å². The fourth-order valence-corrected chi connectivity index (χ4v) is 3.38. The van der Waals surface area contributed by atoms with Gasteiger partial charge in [0, 0.05) is 35.2 Å². The summed E-state index contributed by atoms with van der Waals surface area (Å²) in [4.78, 5) is 2.45. The summed E-state index contributed by atoms with van der Waals surface area (Å²) in [6.07, 6.45) is 6.42. The third-order valence-corrected chi connectivity index (χ3v) is 4.84. The van der Waals surface area contributed by atoms with Gasteiger partial charge in [-0.25, -0.2) is 4.39 Å². The number of rotatable bonds is 5. The summed E-state index contributed by atoms with van der Waals surface area (Å²) >= 11 is 3.44. The second-order valence-electron chi connectivity index (χ2n) is 6.04. The number of likely N-dealkylation sites (tertiary alicyclic amines) is 1. The second kappa shape index (κ2) is 6.54. The van der Waals surface area contributed by atoms with Crippen molar-refractivity contribution in [3.05, 3.63) is 34.1 Å². The van der Waals surface area contributed by atoms with Crippen molar-refractivity contribution in [1.29, 1.82) is 0 Å². The number of piperidine rings is 1. The summed E-state index contributed by atoms with van der Waals surface area (Å²) < 4.78 is 14.9. The van der Waals surface area contributed by atoms with Crippen LogP contribution in [-0.4, -0.2) is 30.1 Å². The van der Waals surface area contributed by atoms with Gasteiger partial charge in [-0.3, -0.25) is 4.90 Å². The fraction of sp³-hybridized carbons (Fsp3) is 0.625. The molecule has 1 saturated heterocycles. The molecule has 1 aromatic rings. The lowest BCUT2D eigenvalue weighted by molar-refractivity contribution is 0.135. The van der Waals surface area contributed by atoms with E-state index < -0.39 is 0 Å². The zero-order valence-electron chi connectivity index (χ0n) is 11.7. The van der Waals surface area contributed by atoms with Gasteiger partial charge in [0.1, 0.15) is 5.82 Å². The Morgan fingerprint density at radius 2 is 2.10 bits per heavy atom. The molecule has 1 atom stereocenters. The van der Waals surface area contributed by atoms with Crippen LogP contribution in [0.3, 0.4) is 0 Å².